The van der Waals surface area contributed by atoms with Gasteiger partial charge in [-0.2, -0.15) is 0 Å². The second kappa shape index (κ2) is 7.42. The number of rotatable bonds is 3. The molecule has 0 radical (unpaired) electrons. The number of hydrogen-bond acceptors (Lipinski definition) is 4. The van der Waals surface area contributed by atoms with Crippen LogP contribution in [0.1, 0.15) is 57.3 Å². The molecule has 1 amide bonds. The van der Waals surface area contributed by atoms with Crippen LogP contribution in [-0.2, 0) is 4.79 Å². The van der Waals surface area contributed by atoms with Crippen LogP contribution in [0.3, 0.4) is 0 Å². The Labute approximate surface area is 138 Å². The molecule has 2 atom stereocenters. The van der Waals surface area contributed by atoms with Crippen LogP contribution in [0.2, 0.25) is 0 Å². The number of aromatic nitrogens is 3. The summed E-state index contributed by atoms with van der Waals surface area (Å²) in [5.74, 6) is 1.61. The van der Waals surface area contributed by atoms with Gasteiger partial charge in [-0.25, -0.2) is 0 Å². The van der Waals surface area contributed by atoms with Crippen LogP contribution < -0.4 is 5.32 Å². The molecule has 22 heavy (non-hydrogen) atoms. The minimum atomic E-state index is 0. The van der Waals surface area contributed by atoms with Crippen LogP contribution in [0.4, 0.5) is 0 Å². The molecule has 2 saturated heterocycles. The van der Waals surface area contributed by atoms with Crippen LogP contribution in [0.5, 0.6) is 0 Å². The number of piperidine rings is 1. The SMILES string of the molecule is CC(C)n1cnnc1C1CCCN(C(=O)C2CCCN2)C1.Cl. The van der Waals surface area contributed by atoms with Gasteiger partial charge in [0.1, 0.15) is 12.2 Å². The number of amides is 1. The van der Waals surface area contributed by atoms with Crippen molar-refractivity contribution in [2.45, 2.75) is 57.5 Å². The van der Waals surface area contributed by atoms with Gasteiger partial charge in [0.15, 0.2) is 0 Å². The maximum absolute atomic E-state index is 12.6. The number of nitrogens with one attached hydrogen (secondary N) is 1. The van der Waals surface area contributed by atoms with E-state index in [0.29, 0.717) is 12.0 Å². The molecule has 0 aliphatic carbocycles. The van der Waals surface area contributed by atoms with E-state index in [-0.39, 0.29) is 24.4 Å². The Morgan fingerprint density at radius 3 is 2.86 bits per heavy atom. The van der Waals surface area contributed by atoms with Crippen molar-refractivity contribution in [2.24, 2.45) is 0 Å². The fourth-order valence-corrected chi connectivity index (χ4v) is 3.45. The van der Waals surface area contributed by atoms with E-state index in [4.69, 9.17) is 0 Å². The molecular weight excluding hydrogens is 302 g/mol. The third kappa shape index (κ3) is 3.43. The molecule has 2 aliphatic heterocycles. The van der Waals surface area contributed by atoms with E-state index in [1.54, 1.807) is 6.33 Å². The van der Waals surface area contributed by atoms with Gasteiger partial charge in [0.2, 0.25) is 5.91 Å². The summed E-state index contributed by atoms with van der Waals surface area (Å²) in [6, 6.07) is 0.393. The summed E-state index contributed by atoms with van der Waals surface area (Å²) in [6.45, 7) is 6.91. The first-order valence-electron chi connectivity index (χ1n) is 8.08. The average Bonchev–Trinajstić information content (AvgIpc) is 3.17. The summed E-state index contributed by atoms with van der Waals surface area (Å²) in [6.07, 6.45) is 6.03. The van der Waals surface area contributed by atoms with Gasteiger partial charge in [-0.3, -0.25) is 4.79 Å². The van der Waals surface area contributed by atoms with E-state index in [1.807, 2.05) is 4.90 Å². The molecule has 0 spiro atoms. The quantitative estimate of drug-likeness (QED) is 0.918. The lowest BCUT2D eigenvalue weighted by molar-refractivity contribution is -0.134. The Balaban J connectivity index is 0.00000176. The van der Waals surface area contributed by atoms with Crippen LogP contribution in [0.25, 0.3) is 0 Å². The highest BCUT2D eigenvalue weighted by Gasteiger charge is 2.32. The van der Waals surface area contributed by atoms with Gasteiger partial charge < -0.3 is 14.8 Å². The number of hydrogen-bond donors (Lipinski definition) is 1. The van der Waals surface area contributed by atoms with Gasteiger partial charge in [0.25, 0.3) is 0 Å². The van der Waals surface area contributed by atoms with Crippen molar-refractivity contribution < 1.29 is 4.79 Å². The second-order valence-corrected chi connectivity index (χ2v) is 6.46. The van der Waals surface area contributed by atoms with Gasteiger partial charge in [-0.05, 0) is 46.1 Å². The summed E-state index contributed by atoms with van der Waals surface area (Å²) in [4.78, 5) is 14.6. The van der Waals surface area contributed by atoms with E-state index >= 15 is 0 Å². The van der Waals surface area contributed by atoms with Crippen LogP contribution >= 0.6 is 12.4 Å². The monoisotopic (exact) mass is 327 g/mol. The van der Waals surface area contributed by atoms with Crippen LogP contribution in [0, 0.1) is 0 Å². The lowest BCUT2D eigenvalue weighted by Crippen LogP contribution is -2.47. The third-order valence-corrected chi connectivity index (χ3v) is 4.61. The molecule has 1 aromatic rings. The fraction of sp³-hybridized carbons (Fsp3) is 0.800. The van der Waals surface area contributed by atoms with Gasteiger partial charge in [0.05, 0.1) is 6.04 Å². The van der Waals surface area contributed by atoms with Gasteiger partial charge >= 0.3 is 0 Å². The maximum Gasteiger partial charge on any atom is 0.239 e. The summed E-state index contributed by atoms with van der Waals surface area (Å²) >= 11 is 0. The molecule has 0 aromatic carbocycles. The van der Waals surface area contributed by atoms with Crippen molar-refractivity contribution in [2.75, 3.05) is 19.6 Å². The zero-order valence-electron chi connectivity index (χ0n) is 13.4. The summed E-state index contributed by atoms with van der Waals surface area (Å²) in [5.41, 5.74) is 0. The van der Waals surface area contributed by atoms with Gasteiger partial charge in [-0.15, -0.1) is 22.6 Å². The first-order valence-corrected chi connectivity index (χ1v) is 8.08. The maximum atomic E-state index is 12.6. The Hall–Kier alpha value is -1.14. The standard InChI is InChI=1S/C15H25N5O.ClH/c1-11(2)20-10-17-18-14(20)12-5-4-8-19(9-12)15(21)13-6-3-7-16-13;/h10-13,16H,3-9H2,1-2H3;1H. The van der Waals surface area contributed by atoms with Gasteiger partial charge in [-0.1, -0.05) is 0 Å². The average molecular weight is 328 g/mol. The predicted octanol–water partition coefficient (Wildman–Crippen LogP) is 1.74. The summed E-state index contributed by atoms with van der Waals surface area (Å²) < 4.78 is 2.13. The smallest absolute Gasteiger partial charge is 0.239 e. The van der Waals surface area contributed by atoms with E-state index in [2.05, 4.69) is 33.9 Å². The van der Waals surface area contributed by atoms with E-state index in [0.717, 1.165) is 51.1 Å². The number of nitrogens with zero attached hydrogens (tertiary/aromatic N) is 4. The second-order valence-electron chi connectivity index (χ2n) is 6.46. The predicted molar refractivity (Wildman–Crippen MR) is 87.2 cm³/mol. The van der Waals surface area contributed by atoms with Crippen molar-refractivity contribution in [1.82, 2.24) is 25.0 Å². The molecule has 2 fully saturated rings. The van der Waals surface area contributed by atoms with Crippen molar-refractivity contribution in [3.05, 3.63) is 12.2 Å². The van der Waals surface area contributed by atoms with E-state index < -0.39 is 0 Å². The van der Waals surface area contributed by atoms with Crippen molar-refractivity contribution in [3.63, 3.8) is 0 Å². The lowest BCUT2D eigenvalue weighted by Gasteiger charge is -2.34. The van der Waals surface area contributed by atoms with Crippen molar-refractivity contribution in [1.29, 1.82) is 0 Å². The molecule has 3 heterocycles. The normalized spacial score (nSPS) is 25.3. The summed E-state index contributed by atoms with van der Waals surface area (Å²) in [5, 5.41) is 11.7. The van der Waals surface area contributed by atoms with E-state index in [9.17, 15) is 4.79 Å². The number of halogens is 1. The molecule has 0 bridgehead atoms. The highest BCUT2D eigenvalue weighted by atomic mass is 35.5. The Morgan fingerprint density at radius 1 is 1.36 bits per heavy atom. The van der Waals surface area contributed by atoms with Gasteiger partial charge in [0, 0.05) is 25.0 Å². The Bertz CT molecular complexity index is 498. The Morgan fingerprint density at radius 2 is 2.18 bits per heavy atom. The third-order valence-electron chi connectivity index (χ3n) is 4.61. The molecule has 2 aliphatic rings. The molecule has 1 N–H and O–H groups in total. The zero-order valence-corrected chi connectivity index (χ0v) is 14.2. The zero-order chi connectivity index (χ0) is 14.8. The Kier molecular flexibility index (Phi) is 5.81. The molecule has 7 heteroatoms. The van der Waals surface area contributed by atoms with Crippen molar-refractivity contribution in [3.8, 4) is 0 Å². The highest BCUT2D eigenvalue weighted by Crippen LogP contribution is 2.27. The van der Waals surface area contributed by atoms with Crippen LogP contribution in [0.15, 0.2) is 6.33 Å². The molecule has 124 valence electrons. The molecule has 1 aromatic heterocycles. The molecule has 3 rings (SSSR count). The lowest BCUT2D eigenvalue weighted by atomic mass is 9.96. The molecule has 0 saturated carbocycles. The minimum absolute atomic E-state index is 0. The van der Waals surface area contributed by atoms with Crippen LogP contribution in [-0.4, -0.2) is 51.2 Å². The molecule has 2 unspecified atom stereocenters. The highest BCUT2D eigenvalue weighted by molar-refractivity contribution is 5.85. The summed E-state index contributed by atoms with van der Waals surface area (Å²) in [7, 11) is 0. The topological polar surface area (TPSA) is 63.1 Å². The van der Waals surface area contributed by atoms with Crippen molar-refractivity contribution >= 4 is 18.3 Å². The fourth-order valence-electron chi connectivity index (χ4n) is 3.45. The first-order chi connectivity index (χ1) is 10.2. The number of carbonyl (C=O) groups excluding carboxylic acids is 1. The largest absolute Gasteiger partial charge is 0.341 e. The molecular formula is C15H26ClN5O. The number of carbonyl (C=O) groups is 1. The molecule has 6 nitrogen and oxygen atoms in total. The van der Waals surface area contributed by atoms with E-state index in [1.165, 1.54) is 0 Å². The first kappa shape index (κ1) is 17.2. The number of likely N-dealkylation sites (tertiary alicyclic amines) is 1. The minimum Gasteiger partial charge on any atom is -0.341 e.